The maximum absolute atomic E-state index is 9.22. The first-order chi connectivity index (χ1) is 7.39. The van der Waals surface area contributed by atoms with E-state index >= 15 is 0 Å². The highest BCUT2D eigenvalue weighted by atomic mass is 32.3. The highest BCUT2D eigenvalue weighted by molar-refractivity contribution is 7.80. The van der Waals surface area contributed by atoms with Crippen molar-refractivity contribution in [3.05, 3.63) is 0 Å². The Bertz CT molecular complexity index is 313. The molecule has 0 aromatic carbocycles. The SMILES string of the molecule is CCCCN1C=[N+](C)CC1.COS(=O)(=O)[O-]. The second-order valence-corrected chi connectivity index (χ2v) is 4.71. The van der Waals surface area contributed by atoms with Crippen molar-refractivity contribution in [3.8, 4) is 0 Å². The van der Waals surface area contributed by atoms with Gasteiger partial charge in [0.2, 0.25) is 16.7 Å². The predicted molar refractivity (Wildman–Crippen MR) is 60.3 cm³/mol. The number of hydrogen-bond donors (Lipinski definition) is 0. The van der Waals surface area contributed by atoms with Crippen LogP contribution < -0.4 is 0 Å². The molecule has 6 nitrogen and oxygen atoms in total. The largest absolute Gasteiger partial charge is 0.726 e. The Hall–Kier alpha value is -0.660. The van der Waals surface area contributed by atoms with E-state index in [0.29, 0.717) is 0 Å². The molecule has 0 bridgehead atoms. The van der Waals surface area contributed by atoms with E-state index in [4.69, 9.17) is 0 Å². The van der Waals surface area contributed by atoms with Gasteiger partial charge in [0.1, 0.15) is 13.1 Å². The van der Waals surface area contributed by atoms with Crippen molar-refractivity contribution in [3.63, 3.8) is 0 Å². The minimum absolute atomic E-state index is 0.808. The number of nitrogens with zero attached hydrogens (tertiary/aromatic N) is 2. The van der Waals surface area contributed by atoms with Crippen LogP contribution in [-0.2, 0) is 14.6 Å². The molecule has 0 fully saturated rings. The lowest BCUT2D eigenvalue weighted by atomic mass is 10.3. The topological polar surface area (TPSA) is 72.7 Å². The summed E-state index contributed by atoms with van der Waals surface area (Å²) in [6, 6.07) is 0. The standard InChI is InChI=1S/C8H17N2.CH4O4S/c1-3-4-5-10-7-6-9(2)8-10;1-5-6(2,3)4/h8H,3-7H2,1-2H3;1H3,(H,2,3,4)/q+1;/p-1. The van der Waals surface area contributed by atoms with Gasteiger partial charge in [-0.1, -0.05) is 13.3 Å². The van der Waals surface area contributed by atoms with Gasteiger partial charge in [0.25, 0.3) is 0 Å². The fourth-order valence-corrected chi connectivity index (χ4v) is 1.21. The summed E-state index contributed by atoms with van der Waals surface area (Å²) in [4.78, 5) is 2.39. The van der Waals surface area contributed by atoms with Crippen molar-refractivity contribution in [2.75, 3.05) is 33.8 Å². The quantitative estimate of drug-likeness (QED) is 0.396. The minimum atomic E-state index is -4.41. The van der Waals surface area contributed by atoms with Crippen molar-refractivity contribution < 1.29 is 21.7 Å². The third kappa shape index (κ3) is 8.63. The normalized spacial score (nSPS) is 15.5. The molecule has 0 N–H and O–H groups in total. The van der Waals surface area contributed by atoms with Crippen molar-refractivity contribution >= 4 is 16.7 Å². The van der Waals surface area contributed by atoms with Crippen LogP contribution in [0, 0.1) is 0 Å². The fraction of sp³-hybridized carbons (Fsp3) is 0.889. The first-order valence-electron chi connectivity index (χ1n) is 5.19. The molecule has 0 aromatic rings. The molecule has 0 aliphatic carbocycles. The zero-order chi connectivity index (χ0) is 12.6. The molecule has 0 spiro atoms. The van der Waals surface area contributed by atoms with Gasteiger partial charge in [-0.25, -0.2) is 8.42 Å². The van der Waals surface area contributed by atoms with E-state index in [9.17, 15) is 13.0 Å². The second-order valence-electron chi connectivity index (χ2n) is 3.56. The average molecular weight is 252 g/mol. The third-order valence-corrected chi connectivity index (χ3v) is 2.51. The molecule has 1 aliphatic heterocycles. The highest BCUT2D eigenvalue weighted by Gasteiger charge is 2.14. The highest BCUT2D eigenvalue weighted by Crippen LogP contribution is 1.95. The lowest BCUT2D eigenvalue weighted by Gasteiger charge is -2.03. The van der Waals surface area contributed by atoms with E-state index in [1.807, 2.05) is 0 Å². The lowest BCUT2D eigenvalue weighted by Crippen LogP contribution is -2.20. The fourth-order valence-electron chi connectivity index (χ4n) is 1.21. The predicted octanol–water partition coefficient (Wildman–Crippen LogP) is -0.134. The van der Waals surface area contributed by atoms with Gasteiger partial charge in [0, 0.05) is 0 Å². The molecule has 0 saturated heterocycles. The van der Waals surface area contributed by atoms with E-state index in [1.165, 1.54) is 32.5 Å². The molecule has 0 aromatic heterocycles. The Morgan fingerprint density at radius 3 is 2.44 bits per heavy atom. The Kier molecular flexibility index (Phi) is 7.27. The molecule has 0 unspecified atom stereocenters. The van der Waals surface area contributed by atoms with Gasteiger partial charge in [-0.3, -0.25) is 13.7 Å². The van der Waals surface area contributed by atoms with Crippen LogP contribution in [0.1, 0.15) is 19.8 Å². The maximum atomic E-state index is 9.22. The number of likely N-dealkylation sites (N-methyl/N-ethyl adjacent to an activating group) is 1. The summed E-state index contributed by atoms with van der Waals surface area (Å²) >= 11 is 0. The molecule has 0 amide bonds. The van der Waals surface area contributed by atoms with Gasteiger partial charge in [0.05, 0.1) is 20.7 Å². The molecule has 1 rings (SSSR count). The molecule has 96 valence electrons. The monoisotopic (exact) mass is 252 g/mol. The summed E-state index contributed by atoms with van der Waals surface area (Å²) in [6.45, 7) is 5.89. The lowest BCUT2D eigenvalue weighted by molar-refractivity contribution is -0.482. The van der Waals surface area contributed by atoms with E-state index in [2.05, 4.69) is 34.0 Å². The van der Waals surface area contributed by atoms with Crippen LogP contribution in [0.5, 0.6) is 0 Å². The molecule has 0 radical (unpaired) electrons. The molecule has 1 aliphatic rings. The van der Waals surface area contributed by atoms with Gasteiger partial charge >= 0.3 is 0 Å². The van der Waals surface area contributed by atoms with Gasteiger partial charge in [-0.05, 0) is 6.42 Å². The van der Waals surface area contributed by atoms with E-state index in [-0.39, 0.29) is 0 Å². The van der Waals surface area contributed by atoms with Crippen LogP contribution >= 0.6 is 0 Å². The summed E-state index contributed by atoms with van der Waals surface area (Å²) in [6.07, 6.45) is 4.84. The Morgan fingerprint density at radius 1 is 1.56 bits per heavy atom. The van der Waals surface area contributed by atoms with Crippen LogP contribution in [0.25, 0.3) is 0 Å². The number of rotatable bonds is 4. The number of unbranched alkanes of at least 4 members (excludes halogenated alkanes) is 1. The molecule has 7 heteroatoms. The van der Waals surface area contributed by atoms with Gasteiger partial charge in [0.15, 0.2) is 0 Å². The first kappa shape index (κ1) is 15.3. The molecular formula is C9H20N2O4S. The van der Waals surface area contributed by atoms with Crippen LogP contribution in [-0.4, -0.2) is 62.6 Å². The van der Waals surface area contributed by atoms with Crippen LogP contribution in [0.15, 0.2) is 0 Å². The third-order valence-electron chi connectivity index (χ3n) is 2.10. The Morgan fingerprint density at radius 2 is 2.12 bits per heavy atom. The van der Waals surface area contributed by atoms with E-state index in [1.54, 1.807) is 0 Å². The van der Waals surface area contributed by atoms with Crippen molar-refractivity contribution in [1.82, 2.24) is 4.90 Å². The smallest absolute Gasteiger partial charge is 0.234 e. The van der Waals surface area contributed by atoms with Gasteiger partial charge < -0.3 is 4.55 Å². The average Bonchev–Trinajstić information content (AvgIpc) is 2.61. The van der Waals surface area contributed by atoms with Crippen molar-refractivity contribution in [2.45, 2.75) is 19.8 Å². The van der Waals surface area contributed by atoms with Gasteiger partial charge in [-0.15, -0.1) is 0 Å². The molecular weight excluding hydrogens is 232 g/mol. The zero-order valence-electron chi connectivity index (χ0n) is 10.0. The van der Waals surface area contributed by atoms with E-state index < -0.39 is 10.4 Å². The van der Waals surface area contributed by atoms with Crippen LogP contribution in [0.4, 0.5) is 0 Å². The summed E-state index contributed by atoms with van der Waals surface area (Å²) in [7, 11) is -1.47. The molecule has 1 heterocycles. The Labute approximate surface area is 97.5 Å². The second kappa shape index (κ2) is 7.59. The summed E-state index contributed by atoms with van der Waals surface area (Å²) in [5.41, 5.74) is 0. The molecule has 16 heavy (non-hydrogen) atoms. The van der Waals surface area contributed by atoms with Crippen molar-refractivity contribution in [1.29, 1.82) is 0 Å². The summed E-state index contributed by atoms with van der Waals surface area (Å²) in [5.74, 6) is 0. The van der Waals surface area contributed by atoms with E-state index in [0.717, 1.165) is 7.11 Å². The first-order valence-corrected chi connectivity index (χ1v) is 6.53. The van der Waals surface area contributed by atoms with Gasteiger partial charge in [-0.2, -0.15) is 0 Å². The zero-order valence-corrected chi connectivity index (χ0v) is 10.9. The van der Waals surface area contributed by atoms with Crippen molar-refractivity contribution in [2.24, 2.45) is 0 Å². The molecule has 0 atom stereocenters. The Balaban J connectivity index is 0.000000325. The maximum Gasteiger partial charge on any atom is 0.234 e. The summed E-state index contributed by atoms with van der Waals surface area (Å²) < 4.78 is 33.3. The summed E-state index contributed by atoms with van der Waals surface area (Å²) in [5, 5.41) is 0. The van der Waals surface area contributed by atoms with Crippen LogP contribution in [0.2, 0.25) is 0 Å². The van der Waals surface area contributed by atoms with Crippen LogP contribution in [0.3, 0.4) is 0 Å². The minimum Gasteiger partial charge on any atom is -0.726 e. The number of hydrogen-bond acceptors (Lipinski definition) is 5. The molecule has 0 saturated carbocycles.